The molecule has 3 rings (SSSR count). The van der Waals surface area contributed by atoms with Crippen molar-refractivity contribution in [1.82, 2.24) is 34.5 Å². The fourth-order valence-corrected chi connectivity index (χ4v) is 3.22. The predicted octanol–water partition coefficient (Wildman–Crippen LogP) is 2.69. The SMILES string of the molecule is CC(C)NC(=O)c1nc(-n2c(CCN(C)Cl)nnc2-c2ccc(F)cn2)cs1. The highest BCUT2D eigenvalue weighted by Gasteiger charge is 2.21. The van der Waals surface area contributed by atoms with Crippen LogP contribution in [0.25, 0.3) is 17.3 Å². The van der Waals surface area contributed by atoms with Gasteiger partial charge in [0.05, 0.1) is 6.20 Å². The molecule has 0 aliphatic rings. The van der Waals surface area contributed by atoms with Gasteiger partial charge in [0.2, 0.25) is 0 Å². The van der Waals surface area contributed by atoms with E-state index in [4.69, 9.17) is 11.8 Å². The van der Waals surface area contributed by atoms with Crippen molar-refractivity contribution in [1.29, 1.82) is 0 Å². The van der Waals surface area contributed by atoms with Crippen LogP contribution in [0.1, 0.15) is 29.5 Å². The maximum atomic E-state index is 13.3. The number of aromatic nitrogens is 5. The van der Waals surface area contributed by atoms with Gasteiger partial charge in [-0.15, -0.1) is 21.5 Å². The number of carbonyl (C=O) groups is 1. The van der Waals surface area contributed by atoms with E-state index >= 15 is 0 Å². The van der Waals surface area contributed by atoms with Gasteiger partial charge in [0.25, 0.3) is 5.91 Å². The molecule has 8 nitrogen and oxygen atoms in total. The van der Waals surface area contributed by atoms with Crippen molar-refractivity contribution in [3.8, 4) is 17.3 Å². The molecule has 0 saturated carbocycles. The van der Waals surface area contributed by atoms with E-state index < -0.39 is 5.82 Å². The number of halogens is 2. The maximum Gasteiger partial charge on any atom is 0.280 e. The Labute approximate surface area is 170 Å². The number of thiazole rings is 1. The lowest BCUT2D eigenvalue weighted by molar-refractivity contribution is 0.0942. The molecule has 1 N–H and O–H groups in total. The molecular weight excluding hydrogens is 405 g/mol. The molecule has 28 heavy (non-hydrogen) atoms. The fourth-order valence-electron chi connectivity index (χ4n) is 2.44. The molecule has 1 amide bonds. The van der Waals surface area contributed by atoms with Crippen LogP contribution in [-0.2, 0) is 6.42 Å². The van der Waals surface area contributed by atoms with Crippen LogP contribution in [0.3, 0.4) is 0 Å². The summed E-state index contributed by atoms with van der Waals surface area (Å²) in [5.74, 6) is 0.822. The molecule has 0 fully saturated rings. The van der Waals surface area contributed by atoms with Gasteiger partial charge in [-0.25, -0.2) is 18.8 Å². The predicted molar refractivity (Wildman–Crippen MR) is 105 cm³/mol. The lowest BCUT2D eigenvalue weighted by Gasteiger charge is -2.09. The van der Waals surface area contributed by atoms with E-state index in [1.54, 1.807) is 17.0 Å². The Kier molecular flexibility index (Phi) is 6.32. The van der Waals surface area contributed by atoms with Gasteiger partial charge >= 0.3 is 0 Å². The van der Waals surface area contributed by atoms with Gasteiger partial charge in [-0.1, -0.05) is 0 Å². The monoisotopic (exact) mass is 423 g/mol. The summed E-state index contributed by atoms with van der Waals surface area (Å²) in [6, 6.07) is 2.82. The number of carbonyl (C=O) groups excluding carboxylic acids is 1. The Morgan fingerprint density at radius 2 is 2.18 bits per heavy atom. The van der Waals surface area contributed by atoms with Crippen LogP contribution in [0.4, 0.5) is 4.39 Å². The second kappa shape index (κ2) is 8.72. The van der Waals surface area contributed by atoms with Crippen molar-refractivity contribution in [2.24, 2.45) is 0 Å². The molecule has 0 spiro atoms. The number of nitrogens with zero attached hydrogens (tertiary/aromatic N) is 6. The van der Waals surface area contributed by atoms with Crippen molar-refractivity contribution >= 4 is 29.0 Å². The minimum atomic E-state index is -0.444. The van der Waals surface area contributed by atoms with Gasteiger partial charge in [0.1, 0.15) is 17.3 Å². The molecule has 3 aromatic heterocycles. The topological polar surface area (TPSA) is 88.8 Å². The minimum absolute atomic E-state index is 0.00329. The second-order valence-corrected chi connectivity index (χ2v) is 7.79. The molecule has 11 heteroatoms. The lowest BCUT2D eigenvalue weighted by Crippen LogP contribution is -2.30. The Morgan fingerprint density at radius 1 is 1.39 bits per heavy atom. The molecule has 0 aromatic carbocycles. The Hall–Kier alpha value is -2.43. The first-order valence-corrected chi connectivity index (χ1v) is 9.77. The van der Waals surface area contributed by atoms with Crippen molar-refractivity contribution in [3.63, 3.8) is 0 Å². The van der Waals surface area contributed by atoms with E-state index in [9.17, 15) is 9.18 Å². The number of hydrogen-bond acceptors (Lipinski definition) is 7. The van der Waals surface area contributed by atoms with E-state index in [0.717, 1.165) is 6.20 Å². The lowest BCUT2D eigenvalue weighted by atomic mass is 10.3. The third kappa shape index (κ3) is 4.70. The third-order valence-electron chi connectivity index (χ3n) is 3.67. The van der Waals surface area contributed by atoms with E-state index in [0.29, 0.717) is 41.1 Å². The Balaban J connectivity index is 2.01. The second-order valence-electron chi connectivity index (χ2n) is 6.35. The van der Waals surface area contributed by atoms with Crippen molar-refractivity contribution in [2.75, 3.05) is 13.6 Å². The number of nitrogens with one attached hydrogen (secondary N) is 1. The molecule has 0 aliphatic carbocycles. The van der Waals surface area contributed by atoms with Crippen molar-refractivity contribution in [2.45, 2.75) is 26.3 Å². The summed E-state index contributed by atoms with van der Waals surface area (Å²) in [5, 5.41) is 13.3. The summed E-state index contributed by atoms with van der Waals surface area (Å²) in [4.78, 5) is 20.8. The molecule has 0 aliphatic heterocycles. The Morgan fingerprint density at radius 3 is 2.82 bits per heavy atom. The molecule has 0 atom stereocenters. The normalized spacial score (nSPS) is 11.4. The van der Waals surface area contributed by atoms with Gasteiger partial charge in [-0.3, -0.25) is 9.36 Å². The minimum Gasteiger partial charge on any atom is -0.348 e. The van der Waals surface area contributed by atoms with Crippen LogP contribution < -0.4 is 5.32 Å². The van der Waals surface area contributed by atoms with E-state index in [1.165, 1.54) is 27.9 Å². The smallest absolute Gasteiger partial charge is 0.280 e. The van der Waals surface area contributed by atoms with Gasteiger partial charge in [-0.05, 0) is 37.8 Å². The number of rotatable bonds is 7. The highest BCUT2D eigenvalue weighted by atomic mass is 35.5. The van der Waals surface area contributed by atoms with Gasteiger partial charge in [0, 0.05) is 31.4 Å². The van der Waals surface area contributed by atoms with Crippen molar-refractivity contribution < 1.29 is 9.18 Å². The zero-order valence-electron chi connectivity index (χ0n) is 15.6. The Bertz CT molecular complexity index is 955. The maximum absolute atomic E-state index is 13.3. The molecule has 3 aromatic rings. The molecule has 0 radical (unpaired) electrons. The largest absolute Gasteiger partial charge is 0.348 e. The van der Waals surface area contributed by atoms with Crippen LogP contribution in [0.2, 0.25) is 0 Å². The van der Waals surface area contributed by atoms with E-state index in [-0.39, 0.29) is 11.9 Å². The van der Waals surface area contributed by atoms with Crippen LogP contribution in [0.5, 0.6) is 0 Å². The quantitative estimate of drug-likeness (QED) is 0.588. The number of amides is 1. The molecule has 0 saturated heterocycles. The van der Waals surface area contributed by atoms with E-state index in [1.807, 2.05) is 13.8 Å². The highest BCUT2D eigenvalue weighted by Crippen LogP contribution is 2.23. The van der Waals surface area contributed by atoms with Gasteiger partial charge in [0.15, 0.2) is 16.6 Å². The zero-order valence-corrected chi connectivity index (χ0v) is 17.1. The standard InChI is InChI=1S/C17H19ClFN7OS/c1-10(2)21-16(27)17-22-14(9-28-17)26-13(6-7-25(3)18)23-24-15(26)12-5-4-11(19)8-20-12/h4-5,8-10H,6-7H2,1-3H3,(H,21,27). The fraction of sp³-hybridized carbons (Fsp3) is 0.353. The summed E-state index contributed by atoms with van der Waals surface area (Å²) in [7, 11) is 1.74. The molecule has 0 unspecified atom stereocenters. The average Bonchev–Trinajstić information content (AvgIpc) is 3.26. The summed E-state index contributed by atoms with van der Waals surface area (Å²) in [6.07, 6.45) is 1.61. The van der Waals surface area contributed by atoms with Crippen molar-refractivity contribution in [3.05, 3.63) is 40.4 Å². The highest BCUT2D eigenvalue weighted by molar-refractivity contribution is 7.11. The van der Waals surface area contributed by atoms with Gasteiger partial charge in [-0.2, -0.15) is 0 Å². The summed E-state index contributed by atoms with van der Waals surface area (Å²) in [5.41, 5.74) is 0.445. The average molecular weight is 424 g/mol. The summed E-state index contributed by atoms with van der Waals surface area (Å²) in [6.45, 7) is 4.29. The van der Waals surface area contributed by atoms with Crippen LogP contribution in [-0.4, -0.2) is 54.7 Å². The first-order valence-electron chi connectivity index (χ1n) is 8.55. The van der Waals surface area contributed by atoms with Gasteiger partial charge < -0.3 is 5.32 Å². The molecular formula is C17H19ClFN7OS. The summed E-state index contributed by atoms with van der Waals surface area (Å²) >= 11 is 7.14. The van der Waals surface area contributed by atoms with Crippen LogP contribution >= 0.6 is 23.1 Å². The number of pyridine rings is 1. The molecule has 0 bridgehead atoms. The first-order chi connectivity index (χ1) is 13.3. The third-order valence-corrected chi connectivity index (χ3v) is 4.66. The zero-order chi connectivity index (χ0) is 20.3. The van der Waals surface area contributed by atoms with E-state index in [2.05, 4.69) is 25.5 Å². The first kappa shape index (κ1) is 20.3. The van der Waals surface area contributed by atoms with Crippen LogP contribution in [0, 0.1) is 5.82 Å². The van der Waals surface area contributed by atoms with Crippen LogP contribution in [0.15, 0.2) is 23.7 Å². The number of hydrogen-bond donors (Lipinski definition) is 1. The summed E-state index contributed by atoms with van der Waals surface area (Å²) < 4.78 is 16.5. The molecule has 148 valence electrons. The number of likely N-dealkylation sites (N-methyl/N-ethyl adjacent to an activating group) is 1. The molecule has 3 heterocycles.